The van der Waals surface area contributed by atoms with Gasteiger partial charge in [-0.1, -0.05) is 6.07 Å². The van der Waals surface area contributed by atoms with Gasteiger partial charge in [0.15, 0.2) is 0 Å². The van der Waals surface area contributed by atoms with Crippen molar-refractivity contribution in [1.29, 1.82) is 0 Å². The third-order valence-corrected chi connectivity index (χ3v) is 3.80. The first-order valence-electron chi connectivity index (χ1n) is 5.43. The number of ether oxygens (including phenoxy) is 2. The number of hydrogen-bond donors (Lipinski definition) is 0. The number of hydrogen-bond acceptors (Lipinski definition) is 3. The Morgan fingerprint density at radius 1 is 1.40 bits per heavy atom. The Morgan fingerprint density at radius 2 is 2.40 bits per heavy atom. The van der Waals surface area contributed by atoms with E-state index >= 15 is 0 Å². The summed E-state index contributed by atoms with van der Waals surface area (Å²) in [4.78, 5) is 1.26. The van der Waals surface area contributed by atoms with Crippen molar-refractivity contribution in [1.82, 2.24) is 0 Å². The minimum absolute atomic E-state index is 0.261. The van der Waals surface area contributed by atoms with Gasteiger partial charge in [0.25, 0.3) is 0 Å². The Labute approximate surface area is 93.5 Å². The van der Waals surface area contributed by atoms with Crippen molar-refractivity contribution in [3.05, 3.63) is 28.1 Å². The van der Waals surface area contributed by atoms with E-state index in [1.807, 2.05) is 0 Å². The van der Waals surface area contributed by atoms with Crippen LogP contribution < -0.4 is 0 Å². The molecule has 0 aliphatic carbocycles. The van der Waals surface area contributed by atoms with E-state index in [9.17, 15) is 0 Å². The zero-order valence-corrected chi connectivity index (χ0v) is 9.39. The van der Waals surface area contributed by atoms with Crippen LogP contribution >= 0.6 is 11.3 Å². The molecule has 3 heterocycles. The molecular weight excluding hydrogens is 208 g/mol. The van der Waals surface area contributed by atoms with Crippen LogP contribution in [-0.2, 0) is 9.47 Å². The summed E-state index contributed by atoms with van der Waals surface area (Å²) in [6, 6.07) is 4.18. The van der Waals surface area contributed by atoms with Gasteiger partial charge in [0.2, 0.25) is 5.79 Å². The summed E-state index contributed by atoms with van der Waals surface area (Å²) in [5.41, 5.74) is 0. The van der Waals surface area contributed by atoms with Crippen LogP contribution in [0, 0.1) is 0 Å². The fourth-order valence-corrected chi connectivity index (χ4v) is 2.91. The van der Waals surface area contributed by atoms with E-state index in [-0.39, 0.29) is 5.79 Å². The Hall–Kier alpha value is -0.800. The second-order valence-corrected chi connectivity index (χ2v) is 5.07. The van der Waals surface area contributed by atoms with E-state index in [4.69, 9.17) is 9.47 Å². The summed E-state index contributed by atoms with van der Waals surface area (Å²) >= 11 is 1.74. The highest BCUT2D eigenvalue weighted by molar-refractivity contribution is 7.10. The van der Waals surface area contributed by atoms with Crippen LogP contribution in [0.1, 0.15) is 30.6 Å². The van der Waals surface area contributed by atoms with Crippen LogP contribution in [0.3, 0.4) is 0 Å². The molecule has 1 spiro atoms. The van der Waals surface area contributed by atoms with Crippen molar-refractivity contribution in [3.8, 4) is 0 Å². The van der Waals surface area contributed by atoms with E-state index in [1.54, 1.807) is 11.3 Å². The largest absolute Gasteiger partial charge is 0.467 e. The molecule has 0 amide bonds. The molecule has 2 nitrogen and oxygen atoms in total. The topological polar surface area (TPSA) is 18.5 Å². The van der Waals surface area contributed by atoms with Crippen LogP contribution in [0.4, 0.5) is 0 Å². The third-order valence-electron chi connectivity index (χ3n) is 2.98. The Morgan fingerprint density at radius 3 is 3.13 bits per heavy atom. The molecule has 2 aliphatic rings. The maximum absolute atomic E-state index is 5.93. The van der Waals surface area contributed by atoms with Crippen molar-refractivity contribution in [2.75, 3.05) is 6.61 Å². The van der Waals surface area contributed by atoms with Gasteiger partial charge in [0, 0.05) is 24.1 Å². The quantitative estimate of drug-likeness (QED) is 0.725. The molecule has 1 atom stereocenters. The van der Waals surface area contributed by atoms with E-state index in [0.717, 1.165) is 38.0 Å². The monoisotopic (exact) mass is 222 g/mol. The average Bonchev–Trinajstić information content (AvgIpc) is 2.92. The average molecular weight is 222 g/mol. The van der Waals surface area contributed by atoms with Crippen LogP contribution in [0.25, 0.3) is 6.08 Å². The van der Waals surface area contributed by atoms with Gasteiger partial charge in [-0.25, -0.2) is 0 Å². The zero-order valence-electron chi connectivity index (χ0n) is 8.57. The predicted octanol–water partition coefficient (Wildman–Crippen LogP) is 3.41. The molecule has 3 heteroatoms. The van der Waals surface area contributed by atoms with E-state index in [0.29, 0.717) is 0 Å². The van der Waals surface area contributed by atoms with E-state index in [2.05, 4.69) is 23.6 Å². The molecule has 2 fully saturated rings. The number of allylic oxidation sites excluding steroid dienone is 1. The Bertz CT molecular complexity index is 361. The maximum atomic E-state index is 5.93. The molecule has 2 aliphatic heterocycles. The zero-order chi connectivity index (χ0) is 10.1. The normalized spacial score (nSPS) is 32.7. The third kappa shape index (κ3) is 1.82. The van der Waals surface area contributed by atoms with Gasteiger partial charge in [-0.05, 0) is 23.9 Å². The number of rotatable bonds is 1. The summed E-state index contributed by atoms with van der Waals surface area (Å²) in [6.45, 7) is 0.853. The predicted molar refractivity (Wildman–Crippen MR) is 60.5 cm³/mol. The molecule has 3 rings (SSSR count). The van der Waals surface area contributed by atoms with Crippen molar-refractivity contribution >= 4 is 17.4 Å². The molecule has 1 unspecified atom stereocenters. The highest BCUT2D eigenvalue weighted by Crippen LogP contribution is 2.41. The van der Waals surface area contributed by atoms with Gasteiger partial charge in [-0.15, -0.1) is 11.3 Å². The minimum atomic E-state index is -0.261. The SMILES string of the molecule is C(=C1\CCC2(CCCO2)O1)/c1cccs1. The minimum Gasteiger partial charge on any atom is -0.467 e. The molecule has 0 aromatic carbocycles. The number of thiophene rings is 1. The molecule has 0 N–H and O–H groups in total. The molecule has 2 saturated heterocycles. The summed E-state index contributed by atoms with van der Waals surface area (Å²) in [7, 11) is 0. The molecule has 1 aromatic rings. The van der Waals surface area contributed by atoms with Gasteiger partial charge in [-0.3, -0.25) is 0 Å². The van der Waals surface area contributed by atoms with Gasteiger partial charge in [0.05, 0.1) is 6.61 Å². The standard InChI is InChI=1S/C12H14O2S/c1-3-11(15-8-1)9-10-4-6-12(14-10)5-2-7-13-12/h1,3,8-9H,2,4-7H2/b10-9-. The Kier molecular flexibility index (Phi) is 2.29. The van der Waals surface area contributed by atoms with Crippen molar-refractivity contribution in [3.63, 3.8) is 0 Å². The first-order chi connectivity index (χ1) is 7.36. The molecule has 80 valence electrons. The molecule has 1 aromatic heterocycles. The first-order valence-corrected chi connectivity index (χ1v) is 6.31. The van der Waals surface area contributed by atoms with Gasteiger partial charge >= 0.3 is 0 Å². The maximum Gasteiger partial charge on any atom is 0.210 e. The highest BCUT2D eigenvalue weighted by Gasteiger charge is 2.42. The first kappa shape index (κ1) is 9.43. The fraction of sp³-hybridized carbons (Fsp3) is 0.500. The van der Waals surface area contributed by atoms with E-state index < -0.39 is 0 Å². The lowest BCUT2D eigenvalue weighted by Crippen LogP contribution is -2.24. The second-order valence-electron chi connectivity index (χ2n) is 4.09. The molecule has 0 radical (unpaired) electrons. The summed E-state index contributed by atoms with van der Waals surface area (Å²) in [5.74, 6) is 0.822. The lowest BCUT2D eigenvalue weighted by atomic mass is 10.1. The molecule has 0 bridgehead atoms. The molecular formula is C12H14O2S. The Balaban J connectivity index is 1.76. The molecule has 15 heavy (non-hydrogen) atoms. The van der Waals surface area contributed by atoms with Gasteiger partial charge in [0.1, 0.15) is 5.76 Å². The summed E-state index contributed by atoms with van der Waals surface area (Å²) in [6.07, 6.45) is 6.35. The lowest BCUT2D eigenvalue weighted by molar-refractivity contribution is -0.161. The van der Waals surface area contributed by atoms with Gasteiger partial charge < -0.3 is 9.47 Å². The van der Waals surface area contributed by atoms with Crippen LogP contribution in [0.15, 0.2) is 23.3 Å². The van der Waals surface area contributed by atoms with Crippen molar-refractivity contribution in [2.45, 2.75) is 31.5 Å². The summed E-state index contributed by atoms with van der Waals surface area (Å²) in [5, 5.41) is 2.09. The molecule has 0 saturated carbocycles. The van der Waals surface area contributed by atoms with E-state index in [1.165, 1.54) is 4.88 Å². The lowest BCUT2D eigenvalue weighted by Gasteiger charge is -2.21. The van der Waals surface area contributed by atoms with Crippen LogP contribution in [-0.4, -0.2) is 12.4 Å². The van der Waals surface area contributed by atoms with Crippen LogP contribution in [0.2, 0.25) is 0 Å². The van der Waals surface area contributed by atoms with Crippen molar-refractivity contribution in [2.24, 2.45) is 0 Å². The van der Waals surface area contributed by atoms with Crippen LogP contribution in [0.5, 0.6) is 0 Å². The second kappa shape index (κ2) is 3.65. The highest BCUT2D eigenvalue weighted by atomic mass is 32.1. The summed E-state index contributed by atoms with van der Waals surface area (Å²) < 4.78 is 11.6. The van der Waals surface area contributed by atoms with Crippen molar-refractivity contribution < 1.29 is 9.47 Å². The van der Waals surface area contributed by atoms with Gasteiger partial charge in [-0.2, -0.15) is 0 Å². The fourth-order valence-electron chi connectivity index (χ4n) is 2.24. The smallest absolute Gasteiger partial charge is 0.210 e.